The highest BCUT2D eigenvalue weighted by Gasteiger charge is 2.24. The zero-order valence-electron chi connectivity index (χ0n) is 11.8. The van der Waals surface area contributed by atoms with Crippen LogP contribution in [-0.4, -0.2) is 11.1 Å². The van der Waals surface area contributed by atoms with E-state index in [9.17, 15) is 4.79 Å². The number of hydrogen-bond donors (Lipinski definition) is 1. The third-order valence-electron chi connectivity index (χ3n) is 3.84. The van der Waals surface area contributed by atoms with E-state index in [2.05, 4.69) is 24.3 Å². The molecule has 0 fully saturated rings. The van der Waals surface area contributed by atoms with Crippen LogP contribution in [0.4, 0.5) is 0 Å². The number of aliphatic carboxylic acids is 1. The molecule has 2 aromatic rings. The van der Waals surface area contributed by atoms with E-state index in [4.69, 9.17) is 5.11 Å². The Balaban J connectivity index is 2.15. The van der Waals surface area contributed by atoms with Crippen LogP contribution >= 0.6 is 0 Å². The van der Waals surface area contributed by atoms with Gasteiger partial charge in [-0.2, -0.15) is 0 Å². The van der Waals surface area contributed by atoms with E-state index in [1.165, 1.54) is 0 Å². The number of carbonyl (C=O) groups is 1. The van der Waals surface area contributed by atoms with Crippen molar-refractivity contribution in [2.45, 2.75) is 13.3 Å². The molecule has 3 rings (SSSR count). The van der Waals surface area contributed by atoms with Crippen molar-refractivity contribution in [1.29, 1.82) is 0 Å². The molecule has 0 unspecified atom stereocenters. The van der Waals surface area contributed by atoms with Crippen LogP contribution in [0.1, 0.15) is 30.0 Å². The standard InChI is InChI=1S/C19H16O2/c1-13-17(11-14-7-3-2-4-8-14)15-9-5-6-10-16(15)18(13)12-19(20)21/h2-11H,12H2,1H3,(H,20,21)/b17-11-. The first-order chi connectivity index (χ1) is 10.2. The Morgan fingerprint density at radius 1 is 1.00 bits per heavy atom. The molecule has 1 N–H and O–H groups in total. The zero-order chi connectivity index (χ0) is 14.8. The highest BCUT2D eigenvalue weighted by molar-refractivity contribution is 6.07. The van der Waals surface area contributed by atoms with Gasteiger partial charge >= 0.3 is 5.97 Å². The molecule has 21 heavy (non-hydrogen) atoms. The van der Waals surface area contributed by atoms with Gasteiger partial charge in [0.1, 0.15) is 0 Å². The van der Waals surface area contributed by atoms with Gasteiger partial charge in [-0.05, 0) is 46.4 Å². The van der Waals surface area contributed by atoms with Crippen molar-refractivity contribution >= 4 is 23.2 Å². The van der Waals surface area contributed by atoms with E-state index in [0.717, 1.165) is 33.4 Å². The molecule has 0 aromatic heterocycles. The lowest BCUT2D eigenvalue weighted by atomic mass is 10.0. The van der Waals surface area contributed by atoms with Crippen LogP contribution in [0.2, 0.25) is 0 Å². The Bertz CT molecular complexity index is 752. The van der Waals surface area contributed by atoms with Crippen molar-refractivity contribution in [3.8, 4) is 0 Å². The van der Waals surface area contributed by atoms with Crippen LogP contribution in [0, 0.1) is 0 Å². The van der Waals surface area contributed by atoms with Gasteiger partial charge in [-0.1, -0.05) is 54.6 Å². The molecule has 0 atom stereocenters. The van der Waals surface area contributed by atoms with E-state index in [0.29, 0.717) is 0 Å². The van der Waals surface area contributed by atoms with Crippen molar-refractivity contribution in [2.75, 3.05) is 0 Å². The van der Waals surface area contributed by atoms with Gasteiger partial charge in [0.25, 0.3) is 0 Å². The minimum Gasteiger partial charge on any atom is -0.481 e. The van der Waals surface area contributed by atoms with Crippen molar-refractivity contribution < 1.29 is 9.90 Å². The molecule has 0 radical (unpaired) electrons. The van der Waals surface area contributed by atoms with Crippen molar-refractivity contribution in [2.24, 2.45) is 0 Å². The molecule has 0 heterocycles. The highest BCUT2D eigenvalue weighted by Crippen LogP contribution is 2.43. The molecule has 104 valence electrons. The fraction of sp³-hybridized carbons (Fsp3) is 0.105. The van der Waals surface area contributed by atoms with Gasteiger partial charge < -0.3 is 5.11 Å². The van der Waals surface area contributed by atoms with Crippen LogP contribution in [0.15, 0.2) is 60.2 Å². The average molecular weight is 276 g/mol. The van der Waals surface area contributed by atoms with E-state index < -0.39 is 5.97 Å². The molecule has 1 aliphatic carbocycles. The zero-order valence-corrected chi connectivity index (χ0v) is 11.8. The Morgan fingerprint density at radius 2 is 1.62 bits per heavy atom. The first kappa shape index (κ1) is 13.4. The summed E-state index contributed by atoms with van der Waals surface area (Å²) in [6, 6.07) is 18.1. The van der Waals surface area contributed by atoms with E-state index in [1.54, 1.807) is 0 Å². The summed E-state index contributed by atoms with van der Waals surface area (Å²) < 4.78 is 0. The topological polar surface area (TPSA) is 37.3 Å². The van der Waals surface area contributed by atoms with Gasteiger partial charge in [-0.3, -0.25) is 4.79 Å². The summed E-state index contributed by atoms with van der Waals surface area (Å²) in [7, 11) is 0. The second kappa shape index (κ2) is 5.41. The first-order valence-corrected chi connectivity index (χ1v) is 6.95. The summed E-state index contributed by atoms with van der Waals surface area (Å²) in [4.78, 5) is 11.1. The molecule has 0 aliphatic heterocycles. The van der Waals surface area contributed by atoms with Gasteiger partial charge in [0, 0.05) is 0 Å². The maximum Gasteiger partial charge on any atom is 0.307 e. The average Bonchev–Trinajstić information content (AvgIpc) is 2.74. The molecule has 0 saturated carbocycles. The molecule has 0 spiro atoms. The third kappa shape index (κ3) is 2.52. The number of fused-ring (bicyclic) bond motifs is 1. The van der Waals surface area contributed by atoms with Gasteiger partial charge in [0.2, 0.25) is 0 Å². The summed E-state index contributed by atoms with van der Waals surface area (Å²) in [5, 5.41) is 9.14. The third-order valence-corrected chi connectivity index (χ3v) is 3.84. The lowest BCUT2D eigenvalue weighted by molar-refractivity contribution is -0.135. The molecule has 0 saturated heterocycles. The van der Waals surface area contributed by atoms with Crippen molar-refractivity contribution in [1.82, 2.24) is 0 Å². The number of hydrogen-bond acceptors (Lipinski definition) is 1. The van der Waals surface area contributed by atoms with Crippen LogP contribution < -0.4 is 0 Å². The molecule has 0 bridgehead atoms. The first-order valence-electron chi connectivity index (χ1n) is 6.95. The number of rotatable bonds is 3. The molecule has 2 nitrogen and oxygen atoms in total. The fourth-order valence-electron chi connectivity index (χ4n) is 2.83. The lowest BCUT2D eigenvalue weighted by Crippen LogP contribution is -1.96. The molecular formula is C19H16O2. The summed E-state index contributed by atoms with van der Waals surface area (Å²) in [5.41, 5.74) is 6.38. The van der Waals surface area contributed by atoms with Crippen molar-refractivity contribution in [3.05, 3.63) is 76.9 Å². The second-order valence-electron chi connectivity index (χ2n) is 5.19. The Kier molecular flexibility index (Phi) is 3.44. The van der Waals surface area contributed by atoms with Crippen LogP contribution in [0.3, 0.4) is 0 Å². The number of carboxylic acid groups (broad SMARTS) is 1. The van der Waals surface area contributed by atoms with Crippen molar-refractivity contribution in [3.63, 3.8) is 0 Å². The lowest BCUT2D eigenvalue weighted by Gasteiger charge is -2.03. The molecule has 2 aromatic carbocycles. The predicted octanol–water partition coefficient (Wildman–Crippen LogP) is 4.49. The van der Waals surface area contributed by atoms with E-state index >= 15 is 0 Å². The molecular weight excluding hydrogens is 260 g/mol. The second-order valence-corrected chi connectivity index (χ2v) is 5.19. The van der Waals surface area contributed by atoms with Crippen LogP contribution in [0.25, 0.3) is 17.2 Å². The van der Waals surface area contributed by atoms with Crippen LogP contribution in [0.5, 0.6) is 0 Å². The molecule has 0 amide bonds. The Hall–Kier alpha value is -2.61. The number of allylic oxidation sites excluding steroid dienone is 2. The predicted molar refractivity (Wildman–Crippen MR) is 85.6 cm³/mol. The molecule has 2 heteroatoms. The Labute approximate surface area is 124 Å². The number of carboxylic acids is 1. The van der Waals surface area contributed by atoms with Gasteiger partial charge in [0.15, 0.2) is 0 Å². The Morgan fingerprint density at radius 3 is 2.29 bits per heavy atom. The van der Waals surface area contributed by atoms with E-state index in [1.807, 2.05) is 43.3 Å². The maximum atomic E-state index is 11.1. The monoisotopic (exact) mass is 276 g/mol. The maximum absolute atomic E-state index is 11.1. The summed E-state index contributed by atoms with van der Waals surface area (Å²) in [5.74, 6) is -0.792. The quantitative estimate of drug-likeness (QED) is 0.896. The van der Waals surface area contributed by atoms with Gasteiger partial charge in [-0.25, -0.2) is 0 Å². The van der Waals surface area contributed by atoms with Gasteiger partial charge in [-0.15, -0.1) is 0 Å². The number of benzene rings is 2. The largest absolute Gasteiger partial charge is 0.481 e. The minimum absolute atomic E-state index is 0.0645. The molecule has 1 aliphatic rings. The van der Waals surface area contributed by atoms with Gasteiger partial charge in [0.05, 0.1) is 6.42 Å². The smallest absolute Gasteiger partial charge is 0.307 e. The highest BCUT2D eigenvalue weighted by atomic mass is 16.4. The fourth-order valence-corrected chi connectivity index (χ4v) is 2.83. The summed E-state index contributed by atoms with van der Waals surface area (Å²) >= 11 is 0. The summed E-state index contributed by atoms with van der Waals surface area (Å²) in [6.07, 6.45) is 2.19. The van der Waals surface area contributed by atoms with E-state index in [-0.39, 0.29) is 6.42 Å². The van der Waals surface area contributed by atoms with Crippen LogP contribution in [-0.2, 0) is 4.79 Å². The normalized spacial score (nSPS) is 15.4. The minimum atomic E-state index is -0.792. The SMILES string of the molecule is CC1=C(CC(=O)O)c2ccccc2/C1=C\c1ccccc1. The summed E-state index contributed by atoms with van der Waals surface area (Å²) in [6.45, 7) is 2.01.